The molecule has 0 radical (unpaired) electrons. The highest BCUT2D eigenvalue weighted by Gasteiger charge is 2.20. The van der Waals surface area contributed by atoms with E-state index >= 15 is 0 Å². The Morgan fingerprint density at radius 1 is 0.382 bits per heavy atom. The molecule has 0 spiro atoms. The van der Waals surface area contributed by atoms with Crippen LogP contribution in [0.1, 0.15) is 0 Å². The minimum Gasteiger partial charge on any atom is -0.455 e. The number of thiophene rings is 1. The second kappa shape index (κ2) is 12.9. The molecule has 0 atom stereocenters. The van der Waals surface area contributed by atoms with Crippen molar-refractivity contribution in [3.63, 3.8) is 0 Å². The summed E-state index contributed by atoms with van der Waals surface area (Å²) < 4.78 is 9.04. The summed E-state index contributed by atoms with van der Waals surface area (Å²) in [5.41, 5.74) is 12.1. The van der Waals surface area contributed by atoms with Gasteiger partial charge in [0.25, 0.3) is 0 Å². The van der Waals surface area contributed by atoms with Gasteiger partial charge in [-0.1, -0.05) is 146 Å². The molecule has 0 aliphatic heterocycles. The molecule has 3 heteroatoms. The van der Waals surface area contributed by atoms with Crippen LogP contribution in [-0.4, -0.2) is 0 Å². The van der Waals surface area contributed by atoms with E-state index in [0.717, 1.165) is 50.1 Å². The minimum atomic E-state index is 0.907. The molecule has 0 saturated carbocycles. The number of hydrogen-bond acceptors (Lipinski definition) is 3. The summed E-state index contributed by atoms with van der Waals surface area (Å²) in [4.78, 5) is 2.40. The van der Waals surface area contributed by atoms with E-state index in [1.165, 1.54) is 53.2 Å². The number of para-hydroxylation sites is 3. The van der Waals surface area contributed by atoms with Crippen molar-refractivity contribution in [2.75, 3.05) is 4.90 Å². The zero-order chi connectivity index (χ0) is 36.3. The van der Waals surface area contributed by atoms with Gasteiger partial charge in [0, 0.05) is 53.4 Å². The van der Waals surface area contributed by atoms with E-state index in [2.05, 4.69) is 193 Å². The maximum atomic E-state index is 6.44. The number of anilines is 3. The molecular formula is C52H33NOS. The normalized spacial score (nSPS) is 11.6. The second-order valence-corrected chi connectivity index (χ2v) is 15.1. The van der Waals surface area contributed by atoms with Gasteiger partial charge in [0.1, 0.15) is 11.2 Å². The van der Waals surface area contributed by atoms with E-state index in [-0.39, 0.29) is 0 Å². The van der Waals surface area contributed by atoms with Crippen LogP contribution in [0.4, 0.5) is 17.1 Å². The number of furan rings is 1. The summed E-state index contributed by atoms with van der Waals surface area (Å²) in [7, 11) is 0. The zero-order valence-electron chi connectivity index (χ0n) is 29.8. The molecule has 0 N–H and O–H groups in total. The minimum absolute atomic E-state index is 0.907. The molecule has 0 amide bonds. The Kier molecular flexibility index (Phi) is 7.39. The lowest BCUT2D eigenvalue weighted by Crippen LogP contribution is -2.11. The van der Waals surface area contributed by atoms with E-state index in [0.29, 0.717) is 0 Å². The second-order valence-electron chi connectivity index (χ2n) is 14.1. The van der Waals surface area contributed by atoms with Crippen molar-refractivity contribution in [2.45, 2.75) is 0 Å². The Bertz CT molecular complexity index is 3210. The van der Waals surface area contributed by atoms with Crippen LogP contribution in [0.2, 0.25) is 0 Å². The van der Waals surface area contributed by atoms with Gasteiger partial charge < -0.3 is 9.32 Å². The number of benzene rings is 9. The fourth-order valence-corrected chi connectivity index (χ4v) is 9.39. The van der Waals surface area contributed by atoms with Gasteiger partial charge in [-0.25, -0.2) is 0 Å². The molecule has 55 heavy (non-hydrogen) atoms. The Balaban J connectivity index is 1.07. The van der Waals surface area contributed by atoms with Crippen molar-refractivity contribution in [1.29, 1.82) is 0 Å². The average molecular weight is 720 g/mol. The molecule has 0 aliphatic carbocycles. The van der Waals surface area contributed by atoms with E-state index in [9.17, 15) is 0 Å². The van der Waals surface area contributed by atoms with Gasteiger partial charge in [-0.3, -0.25) is 0 Å². The molecule has 2 nitrogen and oxygen atoms in total. The predicted octanol–water partition coefficient (Wildman–Crippen LogP) is 15.6. The predicted molar refractivity (Wildman–Crippen MR) is 235 cm³/mol. The molecule has 0 unspecified atom stereocenters. The molecule has 0 fully saturated rings. The van der Waals surface area contributed by atoms with Gasteiger partial charge in [0.05, 0.1) is 5.69 Å². The van der Waals surface area contributed by atoms with Crippen LogP contribution in [-0.2, 0) is 0 Å². The SMILES string of the molecule is c1ccc(N(c2ccc(-c3ccc4ccccc4c3)cc2)c2ccc(-c3cccc4c3oc3ccccc34)cc2)c(-c2cccc3sc4ccccc4c23)c1. The maximum Gasteiger partial charge on any atom is 0.143 e. The summed E-state index contributed by atoms with van der Waals surface area (Å²) in [6, 6.07) is 72.2. The van der Waals surface area contributed by atoms with Crippen molar-refractivity contribution in [3.8, 4) is 33.4 Å². The van der Waals surface area contributed by atoms with E-state index in [1.807, 2.05) is 23.5 Å². The van der Waals surface area contributed by atoms with Gasteiger partial charge in [0.2, 0.25) is 0 Å². The van der Waals surface area contributed by atoms with Crippen LogP contribution in [0.3, 0.4) is 0 Å². The fraction of sp³-hybridized carbons (Fsp3) is 0. The molecule has 9 aromatic carbocycles. The summed E-state index contributed by atoms with van der Waals surface area (Å²) in [5, 5.41) is 7.36. The first-order valence-corrected chi connectivity index (χ1v) is 19.5. The molecule has 2 heterocycles. The van der Waals surface area contributed by atoms with Gasteiger partial charge in [-0.05, 0) is 87.6 Å². The highest BCUT2D eigenvalue weighted by Crippen LogP contribution is 2.46. The first-order valence-electron chi connectivity index (χ1n) is 18.7. The lowest BCUT2D eigenvalue weighted by Gasteiger charge is -2.28. The molecule has 11 rings (SSSR count). The van der Waals surface area contributed by atoms with Crippen LogP contribution in [0.15, 0.2) is 205 Å². The van der Waals surface area contributed by atoms with Crippen LogP contribution >= 0.6 is 11.3 Å². The van der Waals surface area contributed by atoms with Gasteiger partial charge in [-0.2, -0.15) is 0 Å². The van der Waals surface area contributed by atoms with E-state index < -0.39 is 0 Å². The third-order valence-corrected chi connectivity index (χ3v) is 12.0. The highest BCUT2D eigenvalue weighted by atomic mass is 32.1. The Morgan fingerprint density at radius 3 is 1.84 bits per heavy atom. The van der Waals surface area contributed by atoms with Crippen molar-refractivity contribution in [1.82, 2.24) is 0 Å². The van der Waals surface area contributed by atoms with Crippen LogP contribution < -0.4 is 4.90 Å². The summed E-state index contributed by atoms with van der Waals surface area (Å²) >= 11 is 1.86. The maximum absolute atomic E-state index is 6.44. The Labute approximate surface area is 322 Å². The number of hydrogen-bond donors (Lipinski definition) is 0. The number of nitrogens with zero attached hydrogens (tertiary/aromatic N) is 1. The first kappa shape index (κ1) is 31.6. The molecule has 11 aromatic rings. The van der Waals surface area contributed by atoms with Crippen molar-refractivity contribution >= 4 is 81.3 Å². The third-order valence-electron chi connectivity index (χ3n) is 10.9. The molecular weight excluding hydrogens is 687 g/mol. The molecule has 2 aromatic heterocycles. The summed E-state index contributed by atoms with van der Waals surface area (Å²) in [6.07, 6.45) is 0. The van der Waals surface area contributed by atoms with Crippen LogP contribution in [0, 0.1) is 0 Å². The Hall–Kier alpha value is -6.94. The summed E-state index contributed by atoms with van der Waals surface area (Å²) in [6.45, 7) is 0. The number of fused-ring (bicyclic) bond motifs is 7. The van der Waals surface area contributed by atoms with Crippen LogP contribution in [0.5, 0.6) is 0 Å². The zero-order valence-corrected chi connectivity index (χ0v) is 30.6. The highest BCUT2D eigenvalue weighted by molar-refractivity contribution is 7.25. The van der Waals surface area contributed by atoms with E-state index in [1.54, 1.807) is 0 Å². The Morgan fingerprint density at radius 2 is 0.982 bits per heavy atom. The van der Waals surface area contributed by atoms with Gasteiger partial charge in [-0.15, -0.1) is 11.3 Å². The molecule has 0 aliphatic rings. The first-order chi connectivity index (χ1) is 27.3. The lowest BCUT2D eigenvalue weighted by molar-refractivity contribution is 0.670. The van der Waals surface area contributed by atoms with Crippen molar-refractivity contribution in [2.24, 2.45) is 0 Å². The van der Waals surface area contributed by atoms with Gasteiger partial charge in [0.15, 0.2) is 0 Å². The van der Waals surface area contributed by atoms with Crippen molar-refractivity contribution in [3.05, 3.63) is 200 Å². The lowest BCUT2D eigenvalue weighted by atomic mass is 9.96. The third kappa shape index (κ3) is 5.32. The standard InChI is InChI=1S/C52H33NOS/c1-2-12-37-33-38(24-23-34(37)11-1)35-25-29-39(30-26-35)53(40-31-27-36(28-32-40)41-16-9-18-45-43-14-4-7-20-48(43)54-52(41)45)47-19-6-3-13-42(47)44-17-10-22-50-51(44)46-15-5-8-21-49(46)55-50/h1-33H. The van der Waals surface area contributed by atoms with E-state index in [4.69, 9.17) is 4.42 Å². The van der Waals surface area contributed by atoms with Crippen LogP contribution in [0.25, 0.3) is 86.3 Å². The largest absolute Gasteiger partial charge is 0.455 e. The smallest absolute Gasteiger partial charge is 0.143 e. The summed E-state index contributed by atoms with van der Waals surface area (Å²) in [5.74, 6) is 0. The van der Waals surface area contributed by atoms with Crippen molar-refractivity contribution < 1.29 is 4.42 Å². The average Bonchev–Trinajstić information content (AvgIpc) is 3.83. The topological polar surface area (TPSA) is 16.4 Å². The molecule has 0 bridgehead atoms. The molecule has 258 valence electrons. The molecule has 0 saturated heterocycles. The quantitative estimate of drug-likeness (QED) is 0.170. The fourth-order valence-electron chi connectivity index (χ4n) is 8.26. The number of rotatable bonds is 6. The monoisotopic (exact) mass is 719 g/mol. The van der Waals surface area contributed by atoms with Gasteiger partial charge >= 0.3 is 0 Å².